The molecule has 0 amide bonds. The third kappa shape index (κ3) is 1.58. The standard InChI is InChI=1S/C8H10F2N2/c1-12(2)8(9,10)7-5-3-4-6-11-7/h3-6H,1-2H3. The Labute approximate surface area is 69.8 Å². The Bertz CT molecular complexity index is 246. The van der Waals surface area contributed by atoms with Crippen molar-refractivity contribution in [1.29, 1.82) is 0 Å². The highest BCUT2D eigenvalue weighted by Crippen LogP contribution is 2.27. The number of aromatic nitrogens is 1. The Morgan fingerprint density at radius 1 is 1.33 bits per heavy atom. The van der Waals surface area contributed by atoms with Crippen LogP contribution in [0.3, 0.4) is 0 Å². The van der Waals surface area contributed by atoms with Gasteiger partial charge in [-0.25, -0.2) is 4.90 Å². The molecule has 0 aliphatic carbocycles. The fourth-order valence-corrected chi connectivity index (χ4v) is 0.770. The molecule has 0 atom stereocenters. The van der Waals surface area contributed by atoms with Gasteiger partial charge in [-0.05, 0) is 26.2 Å². The second-order valence-corrected chi connectivity index (χ2v) is 2.65. The third-order valence-corrected chi connectivity index (χ3v) is 1.53. The van der Waals surface area contributed by atoms with Gasteiger partial charge in [0, 0.05) is 6.20 Å². The molecule has 0 aromatic carbocycles. The van der Waals surface area contributed by atoms with Crippen molar-refractivity contribution >= 4 is 0 Å². The predicted octanol–water partition coefficient (Wildman–Crippen LogP) is 1.69. The third-order valence-electron chi connectivity index (χ3n) is 1.53. The smallest absolute Gasteiger partial charge is 0.253 e. The molecule has 0 saturated carbocycles. The largest absolute Gasteiger partial charge is 0.347 e. The number of hydrogen-bond donors (Lipinski definition) is 0. The van der Waals surface area contributed by atoms with Gasteiger partial charge >= 0.3 is 6.05 Å². The van der Waals surface area contributed by atoms with Crippen molar-refractivity contribution in [2.75, 3.05) is 14.1 Å². The quantitative estimate of drug-likeness (QED) is 0.631. The van der Waals surface area contributed by atoms with Crippen molar-refractivity contribution in [3.05, 3.63) is 30.1 Å². The Morgan fingerprint density at radius 3 is 2.42 bits per heavy atom. The molecule has 12 heavy (non-hydrogen) atoms. The summed E-state index contributed by atoms with van der Waals surface area (Å²) in [5, 5.41) is 0. The van der Waals surface area contributed by atoms with Gasteiger partial charge in [0.1, 0.15) is 5.69 Å². The van der Waals surface area contributed by atoms with E-state index >= 15 is 0 Å². The van der Waals surface area contributed by atoms with Gasteiger partial charge in [0.05, 0.1) is 0 Å². The van der Waals surface area contributed by atoms with Crippen LogP contribution in [0, 0.1) is 0 Å². The number of pyridine rings is 1. The van der Waals surface area contributed by atoms with E-state index in [4.69, 9.17) is 0 Å². The average Bonchev–Trinajstić information content (AvgIpc) is 2.06. The first kappa shape index (κ1) is 9.06. The number of rotatable bonds is 2. The molecule has 2 nitrogen and oxygen atoms in total. The molecule has 0 radical (unpaired) electrons. The molecular weight excluding hydrogens is 162 g/mol. The van der Waals surface area contributed by atoms with E-state index in [-0.39, 0.29) is 5.69 Å². The first-order chi connectivity index (χ1) is 5.55. The summed E-state index contributed by atoms with van der Waals surface area (Å²) in [5.74, 6) is 0. The van der Waals surface area contributed by atoms with Crippen LogP contribution in [-0.4, -0.2) is 24.0 Å². The van der Waals surface area contributed by atoms with Crippen LogP contribution in [0.5, 0.6) is 0 Å². The minimum Gasteiger partial charge on any atom is -0.253 e. The Balaban J connectivity index is 2.98. The van der Waals surface area contributed by atoms with Crippen LogP contribution >= 0.6 is 0 Å². The summed E-state index contributed by atoms with van der Waals surface area (Å²) in [6.45, 7) is 0. The highest BCUT2D eigenvalue weighted by molar-refractivity contribution is 5.08. The highest BCUT2D eigenvalue weighted by Gasteiger charge is 2.35. The monoisotopic (exact) mass is 172 g/mol. The minimum absolute atomic E-state index is 0.227. The topological polar surface area (TPSA) is 16.1 Å². The van der Waals surface area contributed by atoms with Crippen molar-refractivity contribution in [2.45, 2.75) is 6.05 Å². The van der Waals surface area contributed by atoms with Crippen LogP contribution in [0.4, 0.5) is 8.78 Å². The van der Waals surface area contributed by atoms with Crippen molar-refractivity contribution in [1.82, 2.24) is 9.88 Å². The van der Waals surface area contributed by atoms with Crippen molar-refractivity contribution < 1.29 is 8.78 Å². The van der Waals surface area contributed by atoms with Crippen molar-refractivity contribution in [2.24, 2.45) is 0 Å². The van der Waals surface area contributed by atoms with Gasteiger partial charge in [-0.3, -0.25) is 4.98 Å². The van der Waals surface area contributed by atoms with Gasteiger partial charge < -0.3 is 0 Å². The number of nitrogens with zero attached hydrogens (tertiary/aromatic N) is 2. The van der Waals surface area contributed by atoms with E-state index < -0.39 is 6.05 Å². The second kappa shape index (κ2) is 3.15. The molecule has 0 fully saturated rings. The van der Waals surface area contributed by atoms with Crippen LogP contribution in [0.1, 0.15) is 5.69 Å². The zero-order valence-corrected chi connectivity index (χ0v) is 6.96. The molecule has 66 valence electrons. The SMILES string of the molecule is CN(C)C(F)(F)c1ccccn1. The first-order valence-electron chi connectivity index (χ1n) is 3.52. The molecule has 1 aromatic rings. The summed E-state index contributed by atoms with van der Waals surface area (Å²) >= 11 is 0. The van der Waals surface area contributed by atoms with Gasteiger partial charge in [0.25, 0.3) is 0 Å². The van der Waals surface area contributed by atoms with E-state index in [9.17, 15) is 8.78 Å². The van der Waals surface area contributed by atoms with Gasteiger partial charge in [-0.1, -0.05) is 6.07 Å². The Hall–Kier alpha value is -1.03. The molecular formula is C8H10F2N2. The van der Waals surface area contributed by atoms with Crippen molar-refractivity contribution in [3.8, 4) is 0 Å². The molecule has 0 saturated heterocycles. The van der Waals surface area contributed by atoms with Gasteiger partial charge in [-0.15, -0.1) is 0 Å². The lowest BCUT2D eigenvalue weighted by molar-refractivity contribution is -0.133. The van der Waals surface area contributed by atoms with E-state index in [1.54, 1.807) is 12.1 Å². The molecule has 1 rings (SSSR count). The summed E-state index contributed by atoms with van der Waals surface area (Å²) in [4.78, 5) is 4.41. The fourth-order valence-electron chi connectivity index (χ4n) is 0.770. The van der Waals surface area contributed by atoms with Crippen molar-refractivity contribution in [3.63, 3.8) is 0 Å². The zero-order valence-electron chi connectivity index (χ0n) is 6.96. The zero-order chi connectivity index (χ0) is 9.19. The van der Waals surface area contributed by atoms with Gasteiger partial charge in [0.2, 0.25) is 0 Å². The lowest BCUT2D eigenvalue weighted by Crippen LogP contribution is -2.33. The van der Waals surface area contributed by atoms with E-state index in [1.165, 1.54) is 26.4 Å². The normalized spacial score (nSPS) is 12.1. The van der Waals surface area contributed by atoms with Crippen LogP contribution in [0.25, 0.3) is 0 Å². The number of halogens is 2. The molecule has 4 heteroatoms. The van der Waals surface area contributed by atoms with Gasteiger partial charge in [0.15, 0.2) is 0 Å². The molecule has 0 aliphatic heterocycles. The van der Waals surface area contributed by atoms with Crippen LogP contribution in [0.2, 0.25) is 0 Å². The molecule has 0 spiro atoms. The molecule has 1 aromatic heterocycles. The Morgan fingerprint density at radius 2 is 2.00 bits per heavy atom. The summed E-state index contributed by atoms with van der Waals surface area (Å²) in [5.41, 5.74) is -0.227. The van der Waals surface area contributed by atoms with Gasteiger partial charge in [-0.2, -0.15) is 8.78 Å². The first-order valence-corrected chi connectivity index (χ1v) is 3.52. The summed E-state index contributed by atoms with van der Waals surface area (Å²) in [6.07, 6.45) is 1.35. The maximum Gasteiger partial charge on any atom is 0.347 e. The molecule has 0 aliphatic rings. The molecule has 1 heterocycles. The minimum atomic E-state index is -2.98. The van der Waals surface area contributed by atoms with Crippen LogP contribution in [0.15, 0.2) is 24.4 Å². The average molecular weight is 172 g/mol. The maximum atomic E-state index is 13.1. The highest BCUT2D eigenvalue weighted by atomic mass is 19.3. The summed E-state index contributed by atoms with van der Waals surface area (Å²) in [7, 11) is 2.63. The molecule has 0 N–H and O–H groups in total. The lowest BCUT2D eigenvalue weighted by Gasteiger charge is -2.22. The van der Waals surface area contributed by atoms with Crippen LogP contribution < -0.4 is 0 Å². The molecule has 0 unspecified atom stereocenters. The number of hydrogen-bond acceptors (Lipinski definition) is 2. The summed E-state index contributed by atoms with van der Waals surface area (Å²) < 4.78 is 26.3. The maximum absolute atomic E-state index is 13.1. The lowest BCUT2D eigenvalue weighted by atomic mass is 10.3. The van der Waals surface area contributed by atoms with E-state index in [0.717, 1.165) is 4.90 Å². The van der Waals surface area contributed by atoms with Crippen LogP contribution in [-0.2, 0) is 6.05 Å². The Kier molecular flexibility index (Phi) is 2.38. The second-order valence-electron chi connectivity index (χ2n) is 2.65. The predicted molar refractivity (Wildman–Crippen MR) is 41.8 cm³/mol. The molecule has 0 bridgehead atoms. The number of alkyl halides is 2. The van der Waals surface area contributed by atoms with E-state index in [0.29, 0.717) is 0 Å². The summed E-state index contributed by atoms with van der Waals surface area (Å²) in [6, 6.07) is 1.47. The van der Waals surface area contributed by atoms with E-state index in [1.807, 2.05) is 0 Å². The van der Waals surface area contributed by atoms with E-state index in [2.05, 4.69) is 4.98 Å². The fraction of sp³-hybridized carbons (Fsp3) is 0.375.